The van der Waals surface area contributed by atoms with E-state index in [0.29, 0.717) is 4.77 Å². The summed E-state index contributed by atoms with van der Waals surface area (Å²) < 4.78 is 8.05. The van der Waals surface area contributed by atoms with Crippen molar-refractivity contribution in [1.82, 2.24) is 9.55 Å². The summed E-state index contributed by atoms with van der Waals surface area (Å²) in [5.41, 5.74) is 2.13. The number of rotatable bonds is 3. The molecule has 4 heteroatoms. The molecular weight excluding hydrogens is 220 g/mol. The highest BCUT2D eigenvalue weighted by molar-refractivity contribution is 7.71. The number of hydrogen-bond donors (Lipinski definition) is 1. The number of aromatic amines is 1. The van der Waals surface area contributed by atoms with Gasteiger partial charge >= 0.3 is 0 Å². The highest BCUT2D eigenvalue weighted by atomic mass is 32.1. The first-order valence-corrected chi connectivity index (χ1v) is 5.61. The molecule has 1 aromatic carbocycles. The monoisotopic (exact) mass is 234 g/mol. The molecule has 1 N–H and O–H groups in total. The van der Waals surface area contributed by atoms with Crippen molar-refractivity contribution < 1.29 is 4.74 Å². The molecule has 84 valence electrons. The van der Waals surface area contributed by atoms with Crippen LogP contribution in [0.1, 0.15) is 12.6 Å². The van der Waals surface area contributed by atoms with Crippen molar-refractivity contribution >= 4 is 12.2 Å². The second-order valence-corrected chi connectivity index (χ2v) is 3.83. The fourth-order valence-corrected chi connectivity index (χ4v) is 2.02. The van der Waals surface area contributed by atoms with Crippen molar-refractivity contribution in [2.75, 3.05) is 7.11 Å². The number of aryl methyl sites for hydroxylation is 1. The normalized spacial score (nSPS) is 10.4. The second-order valence-electron chi connectivity index (χ2n) is 3.45. The van der Waals surface area contributed by atoms with E-state index < -0.39 is 0 Å². The lowest BCUT2D eigenvalue weighted by atomic mass is 10.2. The summed E-state index contributed by atoms with van der Waals surface area (Å²) in [6.07, 6.45) is 2.86. The van der Waals surface area contributed by atoms with Gasteiger partial charge in [0.2, 0.25) is 0 Å². The summed E-state index contributed by atoms with van der Waals surface area (Å²) >= 11 is 5.28. The van der Waals surface area contributed by atoms with Crippen LogP contribution < -0.4 is 4.74 Å². The molecule has 0 atom stereocenters. The smallest absolute Gasteiger partial charge is 0.182 e. The third-order valence-corrected chi connectivity index (χ3v) is 2.84. The number of hydrogen-bond acceptors (Lipinski definition) is 2. The predicted octanol–water partition coefficient (Wildman–Crippen LogP) is 3.11. The Morgan fingerprint density at radius 2 is 2.12 bits per heavy atom. The zero-order chi connectivity index (χ0) is 11.5. The van der Waals surface area contributed by atoms with Gasteiger partial charge in [0.05, 0.1) is 12.8 Å². The average Bonchev–Trinajstić information content (AvgIpc) is 2.70. The molecule has 0 aliphatic heterocycles. The molecule has 0 saturated heterocycles. The number of imidazole rings is 1. The van der Waals surface area contributed by atoms with Gasteiger partial charge in [0.25, 0.3) is 0 Å². The van der Waals surface area contributed by atoms with E-state index in [-0.39, 0.29) is 0 Å². The van der Waals surface area contributed by atoms with Gasteiger partial charge in [-0.05, 0) is 30.8 Å². The molecule has 3 nitrogen and oxygen atoms in total. The van der Waals surface area contributed by atoms with Crippen molar-refractivity contribution in [2.24, 2.45) is 0 Å². The molecule has 0 bridgehead atoms. The van der Waals surface area contributed by atoms with Gasteiger partial charge in [-0.15, -0.1) is 0 Å². The van der Waals surface area contributed by atoms with Crippen molar-refractivity contribution in [3.05, 3.63) is 40.9 Å². The lowest BCUT2D eigenvalue weighted by Gasteiger charge is -2.11. The van der Waals surface area contributed by atoms with Gasteiger partial charge in [-0.25, -0.2) is 0 Å². The van der Waals surface area contributed by atoms with Gasteiger partial charge < -0.3 is 9.72 Å². The van der Waals surface area contributed by atoms with E-state index in [9.17, 15) is 0 Å². The molecule has 1 aromatic heterocycles. The number of para-hydroxylation sites is 2. The minimum absolute atomic E-state index is 0.696. The number of H-pyrrole nitrogens is 1. The molecule has 1 heterocycles. The maximum atomic E-state index is 5.34. The second kappa shape index (κ2) is 4.53. The minimum atomic E-state index is 0.696. The summed E-state index contributed by atoms with van der Waals surface area (Å²) in [5, 5.41) is 0. The third kappa shape index (κ3) is 1.76. The highest BCUT2D eigenvalue weighted by Gasteiger charge is 2.08. The van der Waals surface area contributed by atoms with Gasteiger partial charge in [0, 0.05) is 11.9 Å². The van der Waals surface area contributed by atoms with E-state index >= 15 is 0 Å². The molecule has 0 saturated carbocycles. The number of aromatic nitrogens is 2. The molecule has 2 aromatic rings. The van der Waals surface area contributed by atoms with E-state index in [4.69, 9.17) is 17.0 Å². The van der Waals surface area contributed by atoms with Crippen LogP contribution in [0.4, 0.5) is 0 Å². The Morgan fingerprint density at radius 3 is 2.81 bits per heavy atom. The Morgan fingerprint density at radius 1 is 1.38 bits per heavy atom. The van der Waals surface area contributed by atoms with Crippen LogP contribution in [0.3, 0.4) is 0 Å². The molecule has 16 heavy (non-hydrogen) atoms. The molecule has 0 aliphatic carbocycles. The summed E-state index contributed by atoms with van der Waals surface area (Å²) in [6, 6.07) is 7.86. The standard InChI is InChI=1S/C12H14N2OS/c1-3-9-8-13-12(16)14(9)10-6-4-5-7-11(10)15-2/h4-8H,3H2,1-2H3,(H,13,16). The Kier molecular flexibility index (Phi) is 3.10. The minimum Gasteiger partial charge on any atom is -0.495 e. The Labute approximate surface area is 99.7 Å². The zero-order valence-electron chi connectivity index (χ0n) is 9.36. The average molecular weight is 234 g/mol. The molecule has 0 radical (unpaired) electrons. The van der Waals surface area contributed by atoms with Gasteiger partial charge in [0.1, 0.15) is 5.75 Å². The lowest BCUT2D eigenvalue weighted by Crippen LogP contribution is -2.01. The van der Waals surface area contributed by atoms with Crippen LogP contribution in [0, 0.1) is 4.77 Å². The number of methoxy groups -OCH3 is 1. The summed E-state index contributed by atoms with van der Waals surface area (Å²) in [7, 11) is 1.67. The molecule has 0 aliphatic rings. The van der Waals surface area contributed by atoms with Gasteiger partial charge in [-0.3, -0.25) is 4.57 Å². The predicted molar refractivity (Wildman–Crippen MR) is 66.9 cm³/mol. The van der Waals surface area contributed by atoms with Crippen LogP contribution in [0.25, 0.3) is 5.69 Å². The summed E-state index contributed by atoms with van der Waals surface area (Å²) in [6.45, 7) is 2.10. The van der Waals surface area contributed by atoms with E-state index in [1.54, 1.807) is 7.11 Å². The molecule has 0 unspecified atom stereocenters. The highest BCUT2D eigenvalue weighted by Crippen LogP contribution is 2.24. The van der Waals surface area contributed by atoms with Crippen LogP contribution in [0.5, 0.6) is 5.75 Å². The van der Waals surface area contributed by atoms with Crippen molar-refractivity contribution in [3.8, 4) is 11.4 Å². The maximum absolute atomic E-state index is 5.34. The van der Waals surface area contributed by atoms with Crippen molar-refractivity contribution in [2.45, 2.75) is 13.3 Å². The topological polar surface area (TPSA) is 29.9 Å². The summed E-state index contributed by atoms with van der Waals surface area (Å²) in [4.78, 5) is 3.06. The fourth-order valence-electron chi connectivity index (χ4n) is 1.74. The van der Waals surface area contributed by atoms with Crippen LogP contribution >= 0.6 is 12.2 Å². The largest absolute Gasteiger partial charge is 0.495 e. The Hall–Kier alpha value is -1.55. The molecule has 0 spiro atoms. The zero-order valence-corrected chi connectivity index (χ0v) is 10.2. The number of nitrogens with one attached hydrogen (secondary N) is 1. The van der Waals surface area contributed by atoms with Crippen molar-refractivity contribution in [3.63, 3.8) is 0 Å². The molecule has 0 amide bonds. The van der Waals surface area contributed by atoms with E-state index in [1.807, 2.05) is 35.0 Å². The molecule has 0 fully saturated rings. The van der Waals surface area contributed by atoms with Crippen LogP contribution in [-0.2, 0) is 6.42 Å². The van der Waals surface area contributed by atoms with Gasteiger partial charge in [-0.1, -0.05) is 19.1 Å². The lowest BCUT2D eigenvalue weighted by molar-refractivity contribution is 0.412. The first-order chi connectivity index (χ1) is 7.77. The Bertz CT molecular complexity index is 542. The van der Waals surface area contributed by atoms with E-state index in [2.05, 4.69) is 11.9 Å². The van der Waals surface area contributed by atoms with E-state index in [0.717, 1.165) is 23.6 Å². The number of nitrogens with zero attached hydrogens (tertiary/aromatic N) is 1. The fraction of sp³-hybridized carbons (Fsp3) is 0.250. The molecule has 2 rings (SSSR count). The number of benzene rings is 1. The van der Waals surface area contributed by atoms with Crippen LogP contribution in [-0.4, -0.2) is 16.7 Å². The Balaban J connectivity index is 2.66. The SMILES string of the molecule is CCc1c[nH]c(=S)n1-c1ccccc1OC. The van der Waals surface area contributed by atoms with Crippen molar-refractivity contribution in [1.29, 1.82) is 0 Å². The summed E-state index contributed by atoms with van der Waals surface area (Å²) in [5.74, 6) is 0.827. The first-order valence-electron chi connectivity index (χ1n) is 5.20. The number of ether oxygens (including phenoxy) is 1. The van der Waals surface area contributed by atoms with Crippen LogP contribution in [0.15, 0.2) is 30.5 Å². The first kappa shape index (κ1) is 11.0. The van der Waals surface area contributed by atoms with E-state index in [1.165, 1.54) is 0 Å². The van der Waals surface area contributed by atoms with Gasteiger partial charge in [-0.2, -0.15) is 0 Å². The third-order valence-electron chi connectivity index (χ3n) is 2.54. The van der Waals surface area contributed by atoms with Gasteiger partial charge in [0.15, 0.2) is 4.77 Å². The quantitative estimate of drug-likeness (QED) is 0.827. The maximum Gasteiger partial charge on any atom is 0.182 e. The van der Waals surface area contributed by atoms with Crippen LogP contribution in [0.2, 0.25) is 0 Å². The molecular formula is C12H14N2OS.